The summed E-state index contributed by atoms with van der Waals surface area (Å²) in [5.74, 6) is -1.81. The molecule has 1 rings (SSSR count). The van der Waals surface area contributed by atoms with E-state index < -0.39 is 29.6 Å². The van der Waals surface area contributed by atoms with Crippen LogP contribution in [0, 0.1) is 0 Å². The Morgan fingerprint density at radius 3 is 2.27 bits per heavy atom. The molecular weight excluding hydrogens is 288 g/mol. The first kappa shape index (κ1) is 17.5. The maximum atomic E-state index is 11.8. The third kappa shape index (κ3) is 6.25. The molecule has 22 heavy (non-hydrogen) atoms. The highest BCUT2D eigenvalue weighted by Crippen LogP contribution is 2.12. The lowest BCUT2D eigenvalue weighted by Gasteiger charge is -2.20. The lowest BCUT2D eigenvalue weighted by Crippen LogP contribution is -2.42. The van der Waals surface area contributed by atoms with Crippen LogP contribution in [-0.2, 0) is 14.3 Å². The number of amides is 2. The number of carboxylic acids is 1. The predicted molar refractivity (Wildman–Crippen MR) is 79.2 cm³/mol. The average Bonchev–Trinajstić information content (AvgIpc) is 2.41. The number of alkyl carbamates (subject to hydrolysis) is 1. The fourth-order valence-corrected chi connectivity index (χ4v) is 1.61. The van der Waals surface area contributed by atoms with Crippen LogP contribution >= 0.6 is 0 Å². The smallest absolute Gasteiger partial charge is 0.408 e. The Bertz CT molecular complexity index is 537. The number of rotatable bonds is 5. The Balaban J connectivity index is 2.55. The molecule has 0 spiro atoms. The van der Waals surface area contributed by atoms with Gasteiger partial charge in [-0.1, -0.05) is 30.3 Å². The van der Waals surface area contributed by atoms with Crippen LogP contribution in [0.5, 0.6) is 0 Å². The largest absolute Gasteiger partial charge is 0.479 e. The van der Waals surface area contributed by atoms with Crippen LogP contribution in [0.25, 0.3) is 0 Å². The summed E-state index contributed by atoms with van der Waals surface area (Å²) in [4.78, 5) is 34.4. The monoisotopic (exact) mass is 308 g/mol. The van der Waals surface area contributed by atoms with E-state index in [0.29, 0.717) is 5.56 Å². The minimum Gasteiger partial charge on any atom is -0.479 e. The van der Waals surface area contributed by atoms with Crippen LogP contribution in [-0.4, -0.2) is 35.2 Å². The number of benzene rings is 1. The summed E-state index contributed by atoms with van der Waals surface area (Å²) >= 11 is 0. The maximum Gasteiger partial charge on any atom is 0.408 e. The molecule has 1 aromatic carbocycles. The average molecular weight is 308 g/mol. The van der Waals surface area contributed by atoms with Crippen molar-refractivity contribution in [1.82, 2.24) is 10.6 Å². The zero-order valence-electron chi connectivity index (χ0n) is 12.8. The topological polar surface area (TPSA) is 105 Å². The third-order valence-electron chi connectivity index (χ3n) is 2.48. The van der Waals surface area contributed by atoms with Gasteiger partial charge >= 0.3 is 12.1 Å². The van der Waals surface area contributed by atoms with Crippen molar-refractivity contribution < 1.29 is 24.2 Å². The zero-order valence-corrected chi connectivity index (χ0v) is 12.8. The molecule has 0 aliphatic heterocycles. The first-order valence-corrected chi connectivity index (χ1v) is 6.73. The van der Waals surface area contributed by atoms with Gasteiger partial charge in [0.1, 0.15) is 12.1 Å². The molecular formula is C15H20N2O5. The molecule has 0 unspecified atom stereocenters. The fourth-order valence-electron chi connectivity index (χ4n) is 1.61. The van der Waals surface area contributed by atoms with E-state index in [4.69, 9.17) is 4.74 Å². The Kier molecular flexibility index (Phi) is 5.91. The van der Waals surface area contributed by atoms with Gasteiger partial charge < -0.3 is 20.5 Å². The molecule has 0 heterocycles. The van der Waals surface area contributed by atoms with Crippen molar-refractivity contribution in [1.29, 1.82) is 0 Å². The van der Waals surface area contributed by atoms with E-state index in [1.54, 1.807) is 51.1 Å². The molecule has 0 aliphatic carbocycles. The van der Waals surface area contributed by atoms with E-state index in [2.05, 4.69) is 10.6 Å². The number of hydrogen-bond acceptors (Lipinski definition) is 4. The van der Waals surface area contributed by atoms with Crippen LogP contribution in [0.3, 0.4) is 0 Å². The van der Waals surface area contributed by atoms with Crippen molar-refractivity contribution in [2.24, 2.45) is 0 Å². The Hall–Kier alpha value is -2.57. The van der Waals surface area contributed by atoms with Gasteiger partial charge in [0.2, 0.25) is 5.91 Å². The number of carbonyl (C=O) groups is 3. The highest BCUT2D eigenvalue weighted by molar-refractivity contribution is 5.87. The second-order valence-corrected chi connectivity index (χ2v) is 5.60. The quantitative estimate of drug-likeness (QED) is 0.763. The third-order valence-corrected chi connectivity index (χ3v) is 2.48. The van der Waals surface area contributed by atoms with Crippen molar-refractivity contribution >= 4 is 18.0 Å². The van der Waals surface area contributed by atoms with E-state index in [0.717, 1.165) is 0 Å². The fraction of sp³-hybridized carbons (Fsp3) is 0.400. The van der Waals surface area contributed by atoms with Gasteiger partial charge in [0.05, 0.1) is 0 Å². The number of nitrogens with one attached hydrogen (secondary N) is 2. The minimum atomic E-state index is -1.18. The van der Waals surface area contributed by atoms with E-state index in [1.807, 2.05) is 0 Å². The number of hydrogen-bond donors (Lipinski definition) is 3. The molecule has 120 valence electrons. The summed E-state index contributed by atoms with van der Waals surface area (Å²) in [6.07, 6.45) is -0.741. The van der Waals surface area contributed by atoms with Crippen LogP contribution in [0.2, 0.25) is 0 Å². The van der Waals surface area contributed by atoms with E-state index in [1.165, 1.54) is 0 Å². The first-order chi connectivity index (χ1) is 10.2. The summed E-state index contributed by atoms with van der Waals surface area (Å²) in [7, 11) is 0. The SMILES string of the molecule is CC(C)(C)OC(=O)NCC(=O)N[C@H](C(=O)O)c1ccccc1. The molecule has 0 radical (unpaired) electrons. The second-order valence-electron chi connectivity index (χ2n) is 5.60. The molecule has 0 fully saturated rings. The summed E-state index contributed by atoms with van der Waals surface area (Å²) < 4.78 is 4.98. The van der Waals surface area contributed by atoms with Crippen LogP contribution in [0.4, 0.5) is 4.79 Å². The van der Waals surface area contributed by atoms with Gasteiger partial charge in [-0.2, -0.15) is 0 Å². The lowest BCUT2D eigenvalue weighted by molar-refractivity contribution is -0.141. The molecule has 0 saturated carbocycles. The van der Waals surface area contributed by atoms with Crippen molar-refractivity contribution in [2.75, 3.05) is 6.54 Å². The Morgan fingerprint density at radius 2 is 1.77 bits per heavy atom. The van der Waals surface area contributed by atoms with Crippen molar-refractivity contribution in [3.8, 4) is 0 Å². The standard InChI is InChI=1S/C15H20N2O5/c1-15(2,3)22-14(21)16-9-11(18)17-12(13(19)20)10-7-5-4-6-8-10/h4-8,12H,9H2,1-3H3,(H,16,21)(H,17,18)(H,19,20)/t12-/m0/s1. The molecule has 1 aromatic rings. The lowest BCUT2D eigenvalue weighted by atomic mass is 10.1. The van der Waals surface area contributed by atoms with Crippen LogP contribution in [0.1, 0.15) is 32.4 Å². The second kappa shape index (κ2) is 7.44. The van der Waals surface area contributed by atoms with Gasteiger partial charge in [0.25, 0.3) is 0 Å². The highest BCUT2D eigenvalue weighted by atomic mass is 16.6. The van der Waals surface area contributed by atoms with Crippen LogP contribution < -0.4 is 10.6 Å². The van der Waals surface area contributed by atoms with Crippen molar-refractivity contribution in [3.05, 3.63) is 35.9 Å². The molecule has 7 nitrogen and oxygen atoms in total. The molecule has 3 N–H and O–H groups in total. The highest BCUT2D eigenvalue weighted by Gasteiger charge is 2.22. The minimum absolute atomic E-state index is 0.370. The molecule has 0 aliphatic rings. The van der Waals surface area contributed by atoms with Crippen molar-refractivity contribution in [3.63, 3.8) is 0 Å². The van der Waals surface area contributed by atoms with Crippen molar-refractivity contribution in [2.45, 2.75) is 32.4 Å². The summed E-state index contributed by atoms with van der Waals surface area (Å²) in [5, 5.41) is 13.8. The van der Waals surface area contributed by atoms with Gasteiger partial charge in [0.15, 0.2) is 6.04 Å². The Labute approximate surface area is 128 Å². The maximum absolute atomic E-state index is 11.8. The number of carboxylic acid groups (broad SMARTS) is 1. The molecule has 1 atom stereocenters. The van der Waals surface area contributed by atoms with E-state index >= 15 is 0 Å². The van der Waals surface area contributed by atoms with Gasteiger partial charge in [-0.25, -0.2) is 9.59 Å². The molecule has 2 amide bonds. The van der Waals surface area contributed by atoms with Gasteiger partial charge in [-0.3, -0.25) is 4.79 Å². The molecule has 7 heteroatoms. The molecule has 0 saturated heterocycles. The Morgan fingerprint density at radius 1 is 1.18 bits per heavy atom. The van der Waals surface area contributed by atoms with Crippen LogP contribution in [0.15, 0.2) is 30.3 Å². The molecule has 0 bridgehead atoms. The number of aliphatic carboxylic acids is 1. The summed E-state index contributed by atoms with van der Waals surface area (Å²) in [5.41, 5.74) is -0.227. The number of ether oxygens (including phenoxy) is 1. The normalized spacial score (nSPS) is 12.1. The van der Waals surface area contributed by atoms with Gasteiger partial charge in [-0.05, 0) is 26.3 Å². The molecule has 0 aromatic heterocycles. The van der Waals surface area contributed by atoms with E-state index in [-0.39, 0.29) is 6.54 Å². The summed E-state index contributed by atoms with van der Waals surface area (Å²) in [6, 6.07) is 7.12. The van der Waals surface area contributed by atoms with E-state index in [9.17, 15) is 19.5 Å². The zero-order chi connectivity index (χ0) is 16.8. The number of carbonyl (C=O) groups excluding carboxylic acids is 2. The van der Waals surface area contributed by atoms with Gasteiger partial charge in [0, 0.05) is 0 Å². The summed E-state index contributed by atoms with van der Waals surface area (Å²) in [6.45, 7) is 4.72. The first-order valence-electron chi connectivity index (χ1n) is 6.73. The van der Waals surface area contributed by atoms with Gasteiger partial charge in [-0.15, -0.1) is 0 Å². The predicted octanol–water partition coefficient (Wildman–Crippen LogP) is 1.45.